The van der Waals surface area contributed by atoms with Crippen LogP contribution in [0.3, 0.4) is 0 Å². The molecule has 0 heterocycles. The van der Waals surface area contributed by atoms with Crippen molar-refractivity contribution in [2.24, 2.45) is 0 Å². The Balaban J connectivity index is 3.48. The SMILES string of the molecule is COC(=O)C(CCSC)Nc1c([N+](=O)[O-])cc(C(=O)O)cc1[N+](=O)[O-]. The van der Waals surface area contributed by atoms with E-state index >= 15 is 0 Å². The lowest BCUT2D eigenvalue weighted by Gasteiger charge is -2.17. The molecule has 0 saturated heterocycles. The van der Waals surface area contributed by atoms with Crippen molar-refractivity contribution in [2.45, 2.75) is 12.5 Å². The lowest BCUT2D eigenvalue weighted by Crippen LogP contribution is -2.32. The Morgan fingerprint density at radius 1 is 1.28 bits per heavy atom. The molecule has 25 heavy (non-hydrogen) atoms. The number of carbonyl (C=O) groups excluding carboxylic acids is 1. The normalized spacial score (nSPS) is 11.4. The number of nitro groups is 2. The molecule has 0 saturated carbocycles. The highest BCUT2D eigenvalue weighted by atomic mass is 32.2. The highest BCUT2D eigenvalue weighted by Crippen LogP contribution is 2.36. The second kappa shape index (κ2) is 8.82. The van der Waals surface area contributed by atoms with Crippen LogP contribution in [0.2, 0.25) is 0 Å². The highest BCUT2D eigenvalue weighted by Gasteiger charge is 2.32. The highest BCUT2D eigenvalue weighted by molar-refractivity contribution is 7.98. The van der Waals surface area contributed by atoms with Crippen LogP contribution in [0, 0.1) is 20.2 Å². The number of carboxylic acid groups (broad SMARTS) is 1. The fraction of sp³-hybridized carbons (Fsp3) is 0.385. The maximum atomic E-state index is 11.8. The van der Waals surface area contributed by atoms with Gasteiger partial charge >= 0.3 is 11.9 Å². The quantitative estimate of drug-likeness (QED) is 0.371. The van der Waals surface area contributed by atoms with Crippen LogP contribution in [-0.4, -0.2) is 52.1 Å². The van der Waals surface area contributed by atoms with Crippen LogP contribution in [0.25, 0.3) is 0 Å². The van der Waals surface area contributed by atoms with Crippen LogP contribution in [0.4, 0.5) is 17.1 Å². The molecule has 1 aromatic rings. The minimum Gasteiger partial charge on any atom is -0.478 e. The van der Waals surface area contributed by atoms with E-state index in [-0.39, 0.29) is 6.42 Å². The molecule has 0 radical (unpaired) electrons. The molecule has 0 amide bonds. The van der Waals surface area contributed by atoms with Crippen LogP contribution >= 0.6 is 11.8 Å². The number of rotatable bonds is 9. The van der Waals surface area contributed by atoms with Gasteiger partial charge in [0.2, 0.25) is 0 Å². The van der Waals surface area contributed by atoms with Gasteiger partial charge in [-0.25, -0.2) is 9.59 Å². The lowest BCUT2D eigenvalue weighted by molar-refractivity contribution is -0.392. The Morgan fingerprint density at radius 2 is 1.80 bits per heavy atom. The summed E-state index contributed by atoms with van der Waals surface area (Å²) in [6, 6.07) is 0.326. The molecule has 0 fully saturated rings. The van der Waals surface area contributed by atoms with E-state index < -0.39 is 50.5 Å². The third kappa shape index (κ3) is 5.04. The molecule has 1 rings (SSSR count). The van der Waals surface area contributed by atoms with Crippen molar-refractivity contribution in [3.05, 3.63) is 37.9 Å². The predicted molar refractivity (Wildman–Crippen MR) is 89.1 cm³/mol. The predicted octanol–water partition coefficient (Wildman–Crippen LogP) is 1.91. The molecule has 2 N–H and O–H groups in total. The smallest absolute Gasteiger partial charge is 0.336 e. The van der Waals surface area contributed by atoms with E-state index in [1.165, 1.54) is 11.8 Å². The monoisotopic (exact) mass is 373 g/mol. The molecule has 1 aromatic carbocycles. The number of ether oxygens (including phenoxy) is 1. The number of carboxylic acids is 1. The van der Waals surface area contributed by atoms with Gasteiger partial charge in [-0.15, -0.1) is 0 Å². The number of esters is 1. The fourth-order valence-corrected chi connectivity index (χ4v) is 2.44. The van der Waals surface area contributed by atoms with Crippen LogP contribution < -0.4 is 5.32 Å². The van der Waals surface area contributed by atoms with Gasteiger partial charge in [0.1, 0.15) is 6.04 Å². The number of hydrogen-bond donors (Lipinski definition) is 2. The number of anilines is 1. The lowest BCUT2D eigenvalue weighted by atomic mass is 10.1. The van der Waals surface area contributed by atoms with Gasteiger partial charge in [-0.2, -0.15) is 11.8 Å². The Morgan fingerprint density at radius 3 is 2.16 bits per heavy atom. The zero-order valence-corrected chi connectivity index (χ0v) is 14.1. The van der Waals surface area contributed by atoms with Gasteiger partial charge in [-0.3, -0.25) is 20.2 Å². The topological polar surface area (TPSA) is 162 Å². The van der Waals surface area contributed by atoms with E-state index in [9.17, 15) is 29.8 Å². The Labute approximate surface area is 145 Å². The van der Waals surface area contributed by atoms with Crippen molar-refractivity contribution >= 4 is 40.8 Å². The zero-order valence-electron chi connectivity index (χ0n) is 13.3. The van der Waals surface area contributed by atoms with Crippen LogP contribution in [0.5, 0.6) is 0 Å². The van der Waals surface area contributed by atoms with E-state index in [0.717, 1.165) is 7.11 Å². The number of aromatic carboxylic acids is 1. The number of thioether (sulfide) groups is 1. The van der Waals surface area contributed by atoms with Gasteiger partial charge in [0, 0.05) is 12.1 Å². The minimum atomic E-state index is -1.55. The molecular formula is C13H15N3O8S. The first kappa shape index (κ1) is 20.2. The molecule has 11 nitrogen and oxygen atoms in total. The average Bonchev–Trinajstić information content (AvgIpc) is 2.56. The summed E-state index contributed by atoms with van der Waals surface area (Å²) >= 11 is 1.40. The summed E-state index contributed by atoms with van der Waals surface area (Å²) in [4.78, 5) is 43.4. The summed E-state index contributed by atoms with van der Waals surface area (Å²) in [6.45, 7) is 0. The maximum absolute atomic E-state index is 11.8. The van der Waals surface area contributed by atoms with Gasteiger partial charge in [0.05, 0.1) is 22.5 Å². The summed E-state index contributed by atoms with van der Waals surface area (Å²) < 4.78 is 4.60. The number of nitrogens with zero attached hydrogens (tertiary/aromatic N) is 2. The van der Waals surface area contributed by atoms with E-state index in [0.29, 0.717) is 17.9 Å². The number of carbonyl (C=O) groups is 2. The van der Waals surface area contributed by atoms with Crippen LogP contribution in [0.1, 0.15) is 16.8 Å². The largest absolute Gasteiger partial charge is 0.478 e. The second-order valence-corrected chi connectivity index (χ2v) is 5.70. The Kier molecular flexibility index (Phi) is 7.11. The van der Waals surface area contributed by atoms with Crippen molar-refractivity contribution in [1.82, 2.24) is 0 Å². The van der Waals surface area contributed by atoms with Crippen molar-refractivity contribution in [3.63, 3.8) is 0 Å². The molecule has 0 aliphatic rings. The van der Waals surface area contributed by atoms with Gasteiger partial charge in [-0.1, -0.05) is 0 Å². The summed E-state index contributed by atoms with van der Waals surface area (Å²) in [5, 5.41) is 33.9. The molecule has 136 valence electrons. The first-order valence-corrected chi connectivity index (χ1v) is 8.15. The van der Waals surface area contributed by atoms with Crippen molar-refractivity contribution in [2.75, 3.05) is 24.4 Å². The number of methoxy groups -OCH3 is 1. The maximum Gasteiger partial charge on any atom is 0.336 e. The minimum absolute atomic E-state index is 0.197. The van der Waals surface area contributed by atoms with Gasteiger partial charge < -0.3 is 15.2 Å². The first-order chi connectivity index (χ1) is 11.7. The van der Waals surface area contributed by atoms with Gasteiger partial charge in [0.25, 0.3) is 11.4 Å². The molecular weight excluding hydrogens is 358 g/mol. The third-order valence-corrected chi connectivity index (χ3v) is 3.80. The van der Waals surface area contributed by atoms with Gasteiger partial charge in [0.15, 0.2) is 5.69 Å². The molecule has 0 bridgehead atoms. The molecule has 1 atom stereocenters. The zero-order chi connectivity index (χ0) is 19.1. The molecule has 1 unspecified atom stereocenters. The summed E-state index contributed by atoms with van der Waals surface area (Å²) in [6.07, 6.45) is 1.98. The van der Waals surface area contributed by atoms with Gasteiger partial charge in [-0.05, 0) is 18.4 Å². The van der Waals surface area contributed by atoms with Crippen LogP contribution in [0.15, 0.2) is 12.1 Å². The van der Waals surface area contributed by atoms with E-state index in [4.69, 9.17) is 5.11 Å². The summed E-state index contributed by atoms with van der Waals surface area (Å²) in [5.74, 6) is -1.81. The fourth-order valence-electron chi connectivity index (χ4n) is 1.97. The molecule has 12 heteroatoms. The average molecular weight is 373 g/mol. The molecule has 0 aromatic heterocycles. The van der Waals surface area contributed by atoms with Crippen molar-refractivity contribution < 1.29 is 29.3 Å². The summed E-state index contributed by atoms with van der Waals surface area (Å²) in [7, 11) is 1.12. The molecule has 0 spiro atoms. The number of hydrogen-bond acceptors (Lipinski definition) is 9. The first-order valence-electron chi connectivity index (χ1n) is 6.76. The summed E-state index contributed by atoms with van der Waals surface area (Å²) in [5.41, 5.74) is -2.78. The van der Waals surface area contributed by atoms with E-state index in [1.54, 1.807) is 6.26 Å². The van der Waals surface area contributed by atoms with E-state index in [1.807, 2.05) is 0 Å². The Hall–Kier alpha value is -2.89. The van der Waals surface area contributed by atoms with Crippen molar-refractivity contribution in [3.8, 4) is 0 Å². The van der Waals surface area contributed by atoms with E-state index in [2.05, 4.69) is 10.1 Å². The van der Waals surface area contributed by atoms with Crippen molar-refractivity contribution in [1.29, 1.82) is 0 Å². The second-order valence-electron chi connectivity index (χ2n) is 4.71. The molecule has 0 aliphatic heterocycles. The number of nitro benzene ring substituents is 2. The third-order valence-electron chi connectivity index (χ3n) is 3.15. The molecule has 0 aliphatic carbocycles. The standard InChI is InChI=1S/C13H15N3O8S/c1-24-13(19)8(3-4-25-2)14-11-9(15(20)21)5-7(12(17)18)6-10(11)16(22)23/h5-6,8,14H,3-4H2,1-2H3,(H,17,18). The Bertz CT molecular complexity index is 674. The van der Waals surface area contributed by atoms with Crippen LogP contribution in [-0.2, 0) is 9.53 Å². The number of benzene rings is 1. The number of nitrogens with one attached hydrogen (secondary N) is 1.